The van der Waals surface area contributed by atoms with Crippen LogP contribution in [0.15, 0.2) is 45.7 Å². The number of amides is 1. The van der Waals surface area contributed by atoms with Crippen molar-refractivity contribution in [2.45, 2.75) is 11.4 Å². The summed E-state index contributed by atoms with van der Waals surface area (Å²) >= 11 is 5.59. The highest BCUT2D eigenvalue weighted by Crippen LogP contribution is 2.14. The summed E-state index contributed by atoms with van der Waals surface area (Å²) < 4.78 is 30.6. The van der Waals surface area contributed by atoms with Crippen LogP contribution in [0.5, 0.6) is 0 Å². The molecule has 0 spiro atoms. The summed E-state index contributed by atoms with van der Waals surface area (Å²) in [5.74, 6) is -0.331. The highest BCUT2D eigenvalue weighted by Gasteiger charge is 2.13. The van der Waals surface area contributed by atoms with Gasteiger partial charge in [-0.3, -0.25) is 4.79 Å². The maximum atomic E-state index is 11.8. The zero-order valence-electron chi connectivity index (χ0n) is 11.1. The maximum Gasteiger partial charge on any atom is 0.287 e. The highest BCUT2D eigenvalue weighted by atomic mass is 35.5. The smallest absolute Gasteiger partial charge is 0.287 e. The molecule has 0 atom stereocenters. The summed E-state index contributed by atoms with van der Waals surface area (Å²) in [6, 6.07) is 9.21. The number of hydrogen-bond acceptors (Lipinski definition) is 4. The summed E-state index contributed by atoms with van der Waals surface area (Å²) in [5.41, 5.74) is 0.650. The predicted octanol–water partition coefficient (Wildman–Crippen LogP) is 1.77. The van der Waals surface area contributed by atoms with Crippen LogP contribution in [0.4, 0.5) is 0 Å². The molecule has 2 aromatic rings. The minimum absolute atomic E-state index is 0.0963. The van der Waals surface area contributed by atoms with Crippen molar-refractivity contribution in [3.63, 3.8) is 0 Å². The molecule has 1 aromatic heterocycles. The second-order valence-corrected chi connectivity index (χ2v) is 6.40. The van der Waals surface area contributed by atoms with Crippen LogP contribution in [0.3, 0.4) is 0 Å². The first-order valence-corrected chi connectivity index (χ1v) is 7.84. The zero-order chi connectivity index (χ0) is 15.5. The number of halogens is 1. The summed E-state index contributed by atoms with van der Waals surface area (Å²) in [7, 11) is -2.17. The molecule has 0 aliphatic carbocycles. The van der Waals surface area contributed by atoms with Crippen LogP contribution < -0.4 is 10.0 Å². The molecule has 0 unspecified atom stereocenters. The lowest BCUT2D eigenvalue weighted by Crippen LogP contribution is -2.23. The molecule has 0 saturated carbocycles. The van der Waals surface area contributed by atoms with E-state index in [2.05, 4.69) is 10.0 Å². The zero-order valence-corrected chi connectivity index (χ0v) is 12.7. The third-order valence-corrected chi connectivity index (χ3v) is 4.34. The molecular formula is C13H13ClN2O4S. The molecule has 8 heteroatoms. The van der Waals surface area contributed by atoms with Gasteiger partial charge in [-0.15, -0.1) is 0 Å². The van der Waals surface area contributed by atoms with Gasteiger partial charge in [-0.2, -0.15) is 0 Å². The third-order valence-electron chi connectivity index (χ3n) is 2.73. The van der Waals surface area contributed by atoms with Gasteiger partial charge in [0.25, 0.3) is 5.91 Å². The predicted molar refractivity (Wildman–Crippen MR) is 77.6 cm³/mol. The van der Waals surface area contributed by atoms with E-state index in [1.165, 1.54) is 31.3 Å². The average Bonchev–Trinajstić information content (AvgIpc) is 2.92. The molecule has 0 fully saturated rings. The SMILES string of the molecule is CNS(=O)(=O)c1cccc(CNC(=O)c2ccc(Cl)o2)c1. The van der Waals surface area contributed by atoms with E-state index in [1.54, 1.807) is 12.1 Å². The molecule has 1 heterocycles. The fourth-order valence-electron chi connectivity index (χ4n) is 1.65. The van der Waals surface area contributed by atoms with E-state index in [9.17, 15) is 13.2 Å². The Balaban J connectivity index is 2.07. The van der Waals surface area contributed by atoms with Gasteiger partial charge >= 0.3 is 0 Å². The van der Waals surface area contributed by atoms with E-state index in [1.807, 2.05) is 0 Å². The first kappa shape index (κ1) is 15.6. The van der Waals surface area contributed by atoms with Crippen molar-refractivity contribution in [3.05, 3.63) is 52.9 Å². The molecule has 2 N–H and O–H groups in total. The van der Waals surface area contributed by atoms with Crippen LogP contribution in [0.25, 0.3) is 0 Å². The number of hydrogen-bond donors (Lipinski definition) is 2. The van der Waals surface area contributed by atoms with Crippen molar-refractivity contribution >= 4 is 27.5 Å². The van der Waals surface area contributed by atoms with Crippen molar-refractivity contribution in [2.75, 3.05) is 7.05 Å². The number of benzene rings is 1. The Morgan fingerprint density at radius 2 is 2.05 bits per heavy atom. The Morgan fingerprint density at radius 1 is 1.29 bits per heavy atom. The van der Waals surface area contributed by atoms with E-state index >= 15 is 0 Å². The van der Waals surface area contributed by atoms with Crippen molar-refractivity contribution < 1.29 is 17.6 Å². The summed E-state index contributed by atoms with van der Waals surface area (Å²) in [6.07, 6.45) is 0. The van der Waals surface area contributed by atoms with Gasteiger partial charge in [0, 0.05) is 6.54 Å². The molecule has 1 amide bonds. The van der Waals surface area contributed by atoms with E-state index in [4.69, 9.17) is 16.0 Å². The number of sulfonamides is 1. The van der Waals surface area contributed by atoms with Gasteiger partial charge < -0.3 is 9.73 Å². The molecule has 0 aliphatic heterocycles. The minimum Gasteiger partial charge on any atom is -0.440 e. The van der Waals surface area contributed by atoms with Crippen molar-refractivity contribution in [1.29, 1.82) is 0 Å². The van der Waals surface area contributed by atoms with Gasteiger partial charge in [0.1, 0.15) is 0 Å². The van der Waals surface area contributed by atoms with Crippen LogP contribution >= 0.6 is 11.6 Å². The van der Waals surface area contributed by atoms with E-state index in [0.29, 0.717) is 5.56 Å². The Labute approximate surface area is 127 Å². The van der Waals surface area contributed by atoms with Gasteiger partial charge in [-0.1, -0.05) is 12.1 Å². The van der Waals surface area contributed by atoms with Crippen LogP contribution in [0.1, 0.15) is 16.1 Å². The Bertz CT molecular complexity index is 755. The molecule has 0 bridgehead atoms. The van der Waals surface area contributed by atoms with Gasteiger partial charge in [0.2, 0.25) is 10.0 Å². The van der Waals surface area contributed by atoms with E-state index in [-0.39, 0.29) is 22.4 Å². The molecule has 0 aliphatic rings. The molecule has 0 radical (unpaired) electrons. The fraction of sp³-hybridized carbons (Fsp3) is 0.154. The second-order valence-electron chi connectivity index (χ2n) is 4.14. The van der Waals surface area contributed by atoms with Crippen molar-refractivity contribution in [2.24, 2.45) is 0 Å². The number of furan rings is 1. The summed E-state index contributed by atoms with van der Waals surface area (Å²) in [4.78, 5) is 11.9. The number of carbonyl (C=O) groups is 1. The van der Waals surface area contributed by atoms with E-state index in [0.717, 1.165) is 0 Å². The van der Waals surface area contributed by atoms with Crippen LogP contribution in [0.2, 0.25) is 5.22 Å². The van der Waals surface area contributed by atoms with Gasteiger partial charge in [-0.25, -0.2) is 13.1 Å². The van der Waals surface area contributed by atoms with Crippen LogP contribution in [-0.4, -0.2) is 21.4 Å². The molecule has 0 saturated heterocycles. The lowest BCUT2D eigenvalue weighted by molar-refractivity contribution is 0.0923. The number of carbonyl (C=O) groups excluding carboxylic acids is 1. The fourth-order valence-corrected chi connectivity index (χ4v) is 2.59. The topological polar surface area (TPSA) is 88.4 Å². The standard InChI is InChI=1S/C13H13ClN2O4S/c1-15-21(18,19)10-4-2-3-9(7-10)8-16-13(17)11-5-6-12(14)20-11/h2-7,15H,8H2,1H3,(H,16,17). The summed E-state index contributed by atoms with van der Waals surface area (Å²) in [5, 5.41) is 2.75. The van der Waals surface area contributed by atoms with Crippen LogP contribution in [0, 0.1) is 0 Å². The largest absolute Gasteiger partial charge is 0.440 e. The lowest BCUT2D eigenvalue weighted by atomic mass is 10.2. The third kappa shape index (κ3) is 3.84. The minimum atomic E-state index is -3.51. The second kappa shape index (κ2) is 6.30. The summed E-state index contributed by atoms with van der Waals surface area (Å²) in [6.45, 7) is 0.171. The lowest BCUT2D eigenvalue weighted by Gasteiger charge is -2.06. The molecule has 2 rings (SSSR count). The first-order valence-electron chi connectivity index (χ1n) is 5.98. The molecule has 21 heavy (non-hydrogen) atoms. The van der Waals surface area contributed by atoms with E-state index < -0.39 is 15.9 Å². The van der Waals surface area contributed by atoms with Gasteiger partial charge in [0.05, 0.1) is 4.90 Å². The number of nitrogens with one attached hydrogen (secondary N) is 2. The Morgan fingerprint density at radius 3 is 2.67 bits per heavy atom. The first-order chi connectivity index (χ1) is 9.92. The average molecular weight is 329 g/mol. The number of rotatable bonds is 5. The Kier molecular flexibility index (Phi) is 4.66. The Hall–Kier alpha value is -1.83. The highest BCUT2D eigenvalue weighted by molar-refractivity contribution is 7.89. The molecule has 6 nitrogen and oxygen atoms in total. The van der Waals surface area contributed by atoms with Gasteiger partial charge in [-0.05, 0) is 48.5 Å². The monoisotopic (exact) mass is 328 g/mol. The quantitative estimate of drug-likeness (QED) is 0.875. The van der Waals surface area contributed by atoms with Crippen molar-refractivity contribution in [1.82, 2.24) is 10.0 Å². The van der Waals surface area contributed by atoms with Gasteiger partial charge in [0.15, 0.2) is 11.0 Å². The molecule has 112 valence electrons. The molecular weight excluding hydrogens is 316 g/mol. The normalized spacial score (nSPS) is 11.3. The molecule has 1 aromatic carbocycles. The van der Waals surface area contributed by atoms with Crippen molar-refractivity contribution in [3.8, 4) is 0 Å². The maximum absolute atomic E-state index is 11.8. The van der Waals surface area contributed by atoms with Crippen LogP contribution in [-0.2, 0) is 16.6 Å².